The number of ether oxygens (including phenoxy) is 2. The van der Waals surface area contributed by atoms with Gasteiger partial charge in [-0.1, -0.05) is 32.5 Å². The minimum atomic E-state index is -4.02. The van der Waals surface area contributed by atoms with Crippen molar-refractivity contribution in [1.82, 2.24) is 39.0 Å². The van der Waals surface area contributed by atoms with Crippen LogP contribution in [-0.2, 0) is 39.4 Å². The molecule has 22 heteroatoms. The number of aliphatic hydroxyl groups excluding tert-OH is 1. The maximum absolute atomic E-state index is 14.2. The highest BCUT2D eigenvalue weighted by atomic mass is 32.7. The zero-order valence-electron chi connectivity index (χ0n) is 25.8. The summed E-state index contributed by atoms with van der Waals surface area (Å²) < 4.78 is 48.8. The summed E-state index contributed by atoms with van der Waals surface area (Å²) >= 11 is 10.0. The number of aromatic nitrogens is 8. The summed E-state index contributed by atoms with van der Waals surface area (Å²) in [6, 6.07) is 0. The lowest BCUT2D eigenvalue weighted by molar-refractivity contribution is -0.123. The molecule has 2 saturated heterocycles. The van der Waals surface area contributed by atoms with Gasteiger partial charge in [0.2, 0.25) is 0 Å². The summed E-state index contributed by atoms with van der Waals surface area (Å²) in [6.45, 7) is -4.71. The van der Waals surface area contributed by atoms with E-state index < -0.39 is 43.1 Å². The van der Waals surface area contributed by atoms with Crippen LogP contribution in [0.25, 0.3) is 22.3 Å². The number of nitrogen functional groups attached to an aromatic ring is 2. The number of hydrogen-bond donors (Lipinski definition) is 5. The van der Waals surface area contributed by atoms with E-state index in [-0.39, 0.29) is 55.2 Å². The summed E-state index contributed by atoms with van der Waals surface area (Å²) in [6.07, 6.45) is 3.75. The first-order valence-electron chi connectivity index (χ1n) is 15.1. The van der Waals surface area contributed by atoms with E-state index in [1.54, 1.807) is 4.57 Å². The van der Waals surface area contributed by atoms with Crippen molar-refractivity contribution in [2.45, 2.75) is 69.3 Å². The molecule has 258 valence electrons. The number of anilines is 2. The van der Waals surface area contributed by atoms with Crippen molar-refractivity contribution in [3.8, 4) is 0 Å². The van der Waals surface area contributed by atoms with Gasteiger partial charge in [0.25, 0.3) is 6.57 Å². The predicted octanol–water partition coefficient (Wildman–Crippen LogP) is 3.55. The number of nitrogens with zero attached hydrogens (tertiary/aromatic N) is 8. The van der Waals surface area contributed by atoms with Crippen LogP contribution in [0, 0.1) is 0 Å². The van der Waals surface area contributed by atoms with Crippen LogP contribution in [0.5, 0.6) is 0 Å². The summed E-state index contributed by atoms with van der Waals surface area (Å²) in [4.78, 5) is 36.7. The Balaban J connectivity index is 1.26. The van der Waals surface area contributed by atoms with Crippen molar-refractivity contribution in [2.75, 3.05) is 30.8 Å². The summed E-state index contributed by atoms with van der Waals surface area (Å²) in [5, 5.41) is 11.7. The van der Waals surface area contributed by atoms with Crippen molar-refractivity contribution in [3.63, 3.8) is 0 Å². The first-order chi connectivity index (χ1) is 22.8. The number of fused-ring (bicyclic) bond motifs is 4. The lowest BCUT2D eigenvalue weighted by Gasteiger charge is -2.38. The molecule has 48 heavy (non-hydrogen) atoms. The van der Waals surface area contributed by atoms with Crippen molar-refractivity contribution in [1.29, 1.82) is 0 Å². The first kappa shape index (κ1) is 33.7. The van der Waals surface area contributed by atoms with Crippen LogP contribution in [0.2, 0.25) is 0 Å². The van der Waals surface area contributed by atoms with E-state index in [4.69, 9.17) is 46.3 Å². The monoisotopic (exact) mass is 740 g/mol. The zero-order valence-corrected chi connectivity index (χ0v) is 29.3. The van der Waals surface area contributed by atoms with Crippen molar-refractivity contribution >= 4 is 71.3 Å². The average molecular weight is 741 g/mol. The normalized spacial score (nSPS) is 34.6. The Labute approximate surface area is 284 Å². The highest BCUT2D eigenvalue weighted by Crippen LogP contribution is 2.61. The smallest absolute Gasteiger partial charge is 0.325 e. The van der Waals surface area contributed by atoms with Crippen LogP contribution in [0.3, 0.4) is 0 Å². The molecule has 0 aromatic carbocycles. The van der Waals surface area contributed by atoms with Gasteiger partial charge in [0.15, 0.2) is 29.2 Å². The van der Waals surface area contributed by atoms with Crippen LogP contribution >= 0.6 is 25.5 Å². The first-order valence-corrected chi connectivity index (χ1v) is 20.6. The van der Waals surface area contributed by atoms with E-state index in [9.17, 15) is 14.6 Å². The third-order valence-corrected chi connectivity index (χ3v) is 12.6. The second-order valence-corrected chi connectivity index (χ2v) is 18.3. The molecule has 0 amide bonds. The molecule has 0 spiro atoms. The predicted molar refractivity (Wildman–Crippen MR) is 179 cm³/mol. The molecule has 0 aliphatic carbocycles. The van der Waals surface area contributed by atoms with Gasteiger partial charge in [0.1, 0.15) is 53.0 Å². The number of nitrogens with two attached hydrogens (primary N) is 2. The Hall–Kier alpha value is -2.77. The molecule has 7 rings (SSSR count). The van der Waals surface area contributed by atoms with Crippen LogP contribution in [-0.4, -0.2) is 85.7 Å². The summed E-state index contributed by atoms with van der Waals surface area (Å²) in [7, 11) is 0. The second-order valence-electron chi connectivity index (χ2n) is 11.9. The fourth-order valence-electron chi connectivity index (χ4n) is 6.54. The molecule has 0 bridgehead atoms. The second kappa shape index (κ2) is 12.2. The minimum absolute atomic E-state index is 0.145. The number of thiol groups is 1. The summed E-state index contributed by atoms with van der Waals surface area (Å²) in [5.41, 5.74) is 11.0. The van der Waals surface area contributed by atoms with Crippen molar-refractivity contribution in [2.24, 2.45) is 0 Å². The number of rotatable bonds is 5. The molecule has 4 aromatic rings. The Bertz CT molecular complexity index is 2030. The van der Waals surface area contributed by atoms with E-state index in [0.717, 1.165) is 0 Å². The molecular formula is C26H34N10O8P2S2. The maximum atomic E-state index is 14.2. The molecule has 7 heterocycles. The van der Waals surface area contributed by atoms with E-state index >= 15 is 0 Å². The largest absolute Gasteiger partial charge is 0.507 e. The van der Waals surface area contributed by atoms with Gasteiger partial charge in [-0.05, 0) is 24.6 Å². The molecule has 0 saturated carbocycles. The number of aliphatic hydroxyl groups is 1. The highest BCUT2D eigenvalue weighted by molar-refractivity contribution is 8.46. The average Bonchev–Trinajstić information content (AvgIpc) is 3.80. The highest BCUT2D eigenvalue weighted by Gasteiger charge is 2.55. The van der Waals surface area contributed by atoms with Gasteiger partial charge in [-0.3, -0.25) is 13.7 Å². The molecule has 6 N–H and O–H groups in total. The summed E-state index contributed by atoms with van der Waals surface area (Å²) in [5.74, 6) is 0.0847. The Morgan fingerprint density at radius 1 is 1.00 bits per heavy atom. The van der Waals surface area contributed by atoms with Gasteiger partial charge < -0.3 is 44.5 Å². The number of imidazole rings is 2. The molecule has 0 radical (unpaired) electrons. The van der Waals surface area contributed by atoms with E-state index in [2.05, 4.69) is 42.2 Å². The van der Waals surface area contributed by atoms with E-state index in [1.807, 2.05) is 13.8 Å². The SMILES string of the molecule is CCC[C@@]12COP(O)(=S)O[C@H]3C[C@H](n4cnc5c(N)ncnc54)O[C@]3(CC)COP(=O)(S)CC1=C(O)[C@H](n1cnc3c(N)ncnc31)O2. The molecular weight excluding hydrogens is 706 g/mol. The van der Waals surface area contributed by atoms with Crippen LogP contribution in [0.1, 0.15) is 52.0 Å². The molecule has 4 aromatic heterocycles. The molecule has 2 fully saturated rings. The van der Waals surface area contributed by atoms with Gasteiger partial charge in [0, 0.05) is 12.0 Å². The fraction of sp³-hybridized carbons (Fsp3) is 0.538. The lowest BCUT2D eigenvalue weighted by Crippen LogP contribution is -2.45. The van der Waals surface area contributed by atoms with Crippen LogP contribution in [0.4, 0.5) is 11.6 Å². The van der Waals surface area contributed by atoms with Crippen molar-refractivity contribution in [3.05, 3.63) is 36.6 Å². The standard InChI is InChI=1S/C26H34N10O8P2S2/c1-3-5-26-9-41-46(39,48)44-15-6-16(35-12-33-17-20(27)29-10-31-22(17)35)42-25(15,4-2)8-40-45(38,47)7-14(26)19(37)24(43-26)36-13-34-18-21(28)30-11-32-23(18)36/h10-13,15-16,24,37H,3-9H2,1-2H3,(H,38,47)(H,39,48)(H2,27,29,31)(H2,28,30,32)/t15-,16+,24+,25+,26+,45?,46?/m0/s1. The number of hydrogen-bond acceptors (Lipinski definition) is 16. The molecule has 3 aliphatic rings. The van der Waals surface area contributed by atoms with Gasteiger partial charge >= 0.3 is 6.72 Å². The molecule has 18 nitrogen and oxygen atoms in total. The molecule has 7 atom stereocenters. The molecule has 3 aliphatic heterocycles. The lowest BCUT2D eigenvalue weighted by atomic mass is 9.91. The van der Waals surface area contributed by atoms with Gasteiger partial charge in [-0.2, -0.15) is 0 Å². The van der Waals surface area contributed by atoms with Crippen LogP contribution in [0.15, 0.2) is 36.6 Å². The Morgan fingerprint density at radius 2 is 1.65 bits per heavy atom. The third-order valence-electron chi connectivity index (χ3n) is 8.98. The molecule has 2 unspecified atom stereocenters. The fourth-order valence-corrected chi connectivity index (χ4v) is 10.0. The maximum Gasteiger partial charge on any atom is 0.325 e. The topological polar surface area (TPSA) is 243 Å². The van der Waals surface area contributed by atoms with E-state index in [0.29, 0.717) is 35.2 Å². The van der Waals surface area contributed by atoms with Crippen molar-refractivity contribution < 1.29 is 37.6 Å². The van der Waals surface area contributed by atoms with Gasteiger partial charge in [-0.25, -0.2) is 29.9 Å². The van der Waals surface area contributed by atoms with E-state index in [1.165, 1.54) is 29.9 Å². The Morgan fingerprint density at radius 3 is 2.29 bits per heavy atom. The minimum Gasteiger partial charge on any atom is -0.507 e. The quantitative estimate of drug-likeness (QED) is 0.145. The van der Waals surface area contributed by atoms with Crippen LogP contribution < -0.4 is 11.5 Å². The Kier molecular flexibility index (Phi) is 8.59. The van der Waals surface area contributed by atoms with Gasteiger partial charge in [0.05, 0.1) is 32.0 Å². The van der Waals surface area contributed by atoms with Gasteiger partial charge in [-0.15, -0.1) is 0 Å². The third kappa shape index (κ3) is 5.71. The zero-order chi connectivity index (χ0) is 34.1.